The molecule has 0 N–H and O–H groups in total. The molecule has 0 spiro atoms. The average molecular weight is 365 g/mol. The summed E-state index contributed by atoms with van der Waals surface area (Å²) in [5.74, 6) is 0. The van der Waals surface area contributed by atoms with E-state index in [1.807, 2.05) is 31.7 Å². The lowest BCUT2D eigenvalue weighted by Gasteiger charge is -2.36. The molecule has 2 aromatic rings. The Morgan fingerprint density at radius 2 is 2.21 bits per heavy atom. The molecule has 1 unspecified atom stereocenters. The summed E-state index contributed by atoms with van der Waals surface area (Å²) in [5, 5.41) is 2.57. The van der Waals surface area contributed by atoms with Crippen LogP contribution in [0.2, 0.25) is 5.15 Å². The van der Waals surface area contributed by atoms with Gasteiger partial charge < -0.3 is 4.74 Å². The quantitative estimate of drug-likeness (QED) is 0.713. The fraction of sp³-hybridized carbons (Fsp3) is 0.444. The van der Waals surface area contributed by atoms with Crippen LogP contribution in [0.25, 0.3) is 0 Å². The van der Waals surface area contributed by atoms with Crippen LogP contribution < -0.4 is 0 Å². The van der Waals surface area contributed by atoms with E-state index in [0.717, 1.165) is 12.0 Å². The Hall–Kier alpha value is -1.59. The molecule has 4 nitrogen and oxygen atoms in total. The Labute approximate surface area is 151 Å². The second kappa shape index (κ2) is 6.73. The second-order valence-electron chi connectivity index (χ2n) is 6.94. The number of hydrogen-bond acceptors (Lipinski definition) is 4. The molecule has 6 heteroatoms. The van der Waals surface area contributed by atoms with Crippen LogP contribution in [0.4, 0.5) is 4.79 Å². The first-order valence-corrected chi connectivity index (χ1v) is 9.25. The van der Waals surface area contributed by atoms with Crippen molar-refractivity contribution in [2.45, 2.75) is 45.3 Å². The van der Waals surface area contributed by atoms with Crippen LogP contribution in [0.3, 0.4) is 0 Å². The van der Waals surface area contributed by atoms with Gasteiger partial charge in [-0.2, -0.15) is 0 Å². The molecular weight excluding hydrogens is 344 g/mol. The summed E-state index contributed by atoms with van der Waals surface area (Å²) in [5.41, 5.74) is 1.88. The number of carbonyl (C=O) groups is 1. The van der Waals surface area contributed by atoms with E-state index in [-0.39, 0.29) is 12.1 Å². The van der Waals surface area contributed by atoms with Gasteiger partial charge in [0.15, 0.2) is 0 Å². The van der Waals surface area contributed by atoms with Crippen molar-refractivity contribution in [3.63, 3.8) is 0 Å². The van der Waals surface area contributed by atoms with Gasteiger partial charge in [-0.3, -0.25) is 4.90 Å². The molecule has 2 aromatic heterocycles. The zero-order valence-electron chi connectivity index (χ0n) is 14.1. The van der Waals surface area contributed by atoms with E-state index in [4.69, 9.17) is 16.3 Å². The Balaban J connectivity index is 1.87. The highest BCUT2D eigenvalue weighted by Crippen LogP contribution is 2.37. The Morgan fingerprint density at radius 3 is 2.88 bits per heavy atom. The van der Waals surface area contributed by atoms with Gasteiger partial charge >= 0.3 is 6.09 Å². The number of nitrogens with zero attached hydrogens (tertiary/aromatic N) is 2. The minimum Gasteiger partial charge on any atom is -0.444 e. The third-order valence-electron chi connectivity index (χ3n) is 3.93. The van der Waals surface area contributed by atoms with Crippen LogP contribution in [0.5, 0.6) is 0 Å². The largest absolute Gasteiger partial charge is 0.444 e. The first-order valence-electron chi connectivity index (χ1n) is 8.00. The summed E-state index contributed by atoms with van der Waals surface area (Å²) in [6.07, 6.45) is 3.09. The fourth-order valence-corrected chi connectivity index (χ4v) is 4.06. The van der Waals surface area contributed by atoms with E-state index >= 15 is 0 Å². The molecule has 1 atom stereocenters. The van der Waals surface area contributed by atoms with Gasteiger partial charge in [-0.25, -0.2) is 9.78 Å². The number of amides is 1. The van der Waals surface area contributed by atoms with Gasteiger partial charge in [0.05, 0.1) is 6.04 Å². The second-order valence-corrected chi connectivity index (χ2v) is 8.28. The van der Waals surface area contributed by atoms with Gasteiger partial charge in [0, 0.05) is 17.6 Å². The van der Waals surface area contributed by atoms with Crippen molar-refractivity contribution in [1.82, 2.24) is 9.88 Å². The van der Waals surface area contributed by atoms with E-state index in [1.54, 1.807) is 23.6 Å². The van der Waals surface area contributed by atoms with E-state index in [1.165, 1.54) is 10.4 Å². The molecule has 24 heavy (non-hydrogen) atoms. The first kappa shape index (κ1) is 17.2. The van der Waals surface area contributed by atoms with E-state index < -0.39 is 5.60 Å². The lowest BCUT2D eigenvalue weighted by Crippen LogP contribution is -2.43. The predicted octanol–water partition coefficient (Wildman–Crippen LogP) is 4.87. The summed E-state index contributed by atoms with van der Waals surface area (Å²) in [6, 6.07) is 5.88. The number of halogens is 1. The summed E-state index contributed by atoms with van der Waals surface area (Å²) in [7, 11) is 0. The Bertz CT molecular complexity index is 721. The molecule has 3 heterocycles. The lowest BCUT2D eigenvalue weighted by atomic mass is 9.97. The SMILES string of the molecule is CC(C)(C)OC(=O)N1CCc2ccsc2C1Cc1ccc(Cl)nc1. The number of carbonyl (C=O) groups excluding carboxylic acids is 1. The highest BCUT2D eigenvalue weighted by atomic mass is 35.5. The topological polar surface area (TPSA) is 42.4 Å². The molecule has 0 saturated heterocycles. The molecule has 128 valence electrons. The number of rotatable bonds is 2. The predicted molar refractivity (Wildman–Crippen MR) is 96.7 cm³/mol. The summed E-state index contributed by atoms with van der Waals surface area (Å²) in [4.78, 5) is 19.9. The molecule has 0 bridgehead atoms. The highest BCUT2D eigenvalue weighted by molar-refractivity contribution is 7.10. The van der Waals surface area contributed by atoms with Crippen LogP contribution in [0.15, 0.2) is 29.8 Å². The van der Waals surface area contributed by atoms with Gasteiger partial charge in [0.2, 0.25) is 0 Å². The minimum absolute atomic E-state index is 0.0217. The van der Waals surface area contributed by atoms with Gasteiger partial charge in [0.1, 0.15) is 10.8 Å². The highest BCUT2D eigenvalue weighted by Gasteiger charge is 2.34. The molecule has 1 aliphatic heterocycles. The summed E-state index contributed by atoms with van der Waals surface area (Å²) in [6.45, 7) is 6.35. The van der Waals surface area contributed by atoms with Crippen molar-refractivity contribution in [2.24, 2.45) is 0 Å². The van der Waals surface area contributed by atoms with Gasteiger partial charge in [0.25, 0.3) is 0 Å². The van der Waals surface area contributed by atoms with E-state index in [2.05, 4.69) is 16.4 Å². The number of ether oxygens (including phenoxy) is 1. The lowest BCUT2D eigenvalue weighted by molar-refractivity contribution is 0.0146. The molecule has 1 amide bonds. The van der Waals surface area contributed by atoms with E-state index in [9.17, 15) is 4.79 Å². The van der Waals surface area contributed by atoms with Gasteiger partial charge in [-0.05, 0) is 62.3 Å². The molecular formula is C18H21ClN2O2S. The van der Waals surface area contributed by atoms with Crippen LogP contribution in [0.1, 0.15) is 42.8 Å². The van der Waals surface area contributed by atoms with E-state index in [0.29, 0.717) is 18.1 Å². The fourth-order valence-electron chi connectivity index (χ4n) is 2.88. The molecule has 0 aliphatic carbocycles. The maximum Gasteiger partial charge on any atom is 0.410 e. The molecule has 3 rings (SSSR count). The molecule has 0 fully saturated rings. The monoisotopic (exact) mass is 364 g/mol. The number of hydrogen-bond donors (Lipinski definition) is 0. The summed E-state index contributed by atoms with van der Waals surface area (Å²) >= 11 is 7.58. The molecule has 1 aliphatic rings. The van der Waals surface area contributed by atoms with Crippen molar-refractivity contribution >= 4 is 29.0 Å². The van der Waals surface area contributed by atoms with Crippen molar-refractivity contribution in [3.05, 3.63) is 50.9 Å². The minimum atomic E-state index is -0.501. The molecule has 0 radical (unpaired) electrons. The maximum absolute atomic E-state index is 12.7. The summed E-state index contributed by atoms with van der Waals surface area (Å²) < 4.78 is 5.61. The van der Waals surface area contributed by atoms with Crippen LogP contribution in [-0.2, 0) is 17.6 Å². The van der Waals surface area contributed by atoms with Crippen LogP contribution in [-0.4, -0.2) is 28.1 Å². The van der Waals surface area contributed by atoms with Crippen molar-refractivity contribution in [1.29, 1.82) is 0 Å². The van der Waals surface area contributed by atoms with Crippen molar-refractivity contribution < 1.29 is 9.53 Å². The molecule has 0 saturated carbocycles. The average Bonchev–Trinajstić information content (AvgIpc) is 2.97. The number of fused-ring (bicyclic) bond motifs is 1. The smallest absolute Gasteiger partial charge is 0.410 e. The normalized spacial score (nSPS) is 17.5. The first-order chi connectivity index (χ1) is 11.3. The van der Waals surface area contributed by atoms with Crippen molar-refractivity contribution in [2.75, 3.05) is 6.54 Å². The maximum atomic E-state index is 12.7. The zero-order chi connectivity index (χ0) is 17.3. The third kappa shape index (κ3) is 3.90. The Kier molecular flexibility index (Phi) is 4.83. The number of thiophene rings is 1. The van der Waals surface area contributed by atoms with Crippen LogP contribution >= 0.6 is 22.9 Å². The number of aromatic nitrogens is 1. The van der Waals surface area contributed by atoms with Crippen LogP contribution in [0, 0.1) is 0 Å². The Morgan fingerprint density at radius 1 is 1.42 bits per heavy atom. The number of pyridine rings is 1. The molecule has 0 aromatic carbocycles. The third-order valence-corrected chi connectivity index (χ3v) is 5.21. The standard InChI is InChI=1S/C18H21ClN2O2S/c1-18(2,3)23-17(22)21-8-6-13-7-9-24-16(13)14(21)10-12-4-5-15(19)20-11-12/h4-5,7,9,11,14H,6,8,10H2,1-3H3. The van der Waals surface area contributed by atoms with Crippen molar-refractivity contribution in [3.8, 4) is 0 Å². The van der Waals surface area contributed by atoms with Gasteiger partial charge in [-0.1, -0.05) is 17.7 Å². The zero-order valence-corrected chi connectivity index (χ0v) is 15.7. The van der Waals surface area contributed by atoms with Gasteiger partial charge in [-0.15, -0.1) is 11.3 Å².